The van der Waals surface area contributed by atoms with Crippen LogP contribution in [0.4, 0.5) is 5.69 Å². The number of rotatable bonds is 8. The van der Waals surface area contributed by atoms with Gasteiger partial charge in [0, 0.05) is 18.7 Å². The lowest BCUT2D eigenvalue weighted by atomic mass is 10.1. The zero-order valence-electron chi connectivity index (χ0n) is 10.8. The van der Waals surface area contributed by atoms with Crippen molar-refractivity contribution in [1.29, 1.82) is 0 Å². The molecule has 0 aliphatic rings. The predicted molar refractivity (Wildman–Crippen MR) is 70.9 cm³/mol. The second-order valence-corrected chi connectivity index (χ2v) is 4.34. The Kier molecular flexibility index (Phi) is 5.95. The maximum Gasteiger partial charge on any atom is 0.320 e. The molecule has 0 aliphatic carbocycles. The number of carbonyl (C=O) groups is 1. The fourth-order valence-electron chi connectivity index (χ4n) is 1.74. The molecular formula is C13H18N2O4. The third kappa shape index (κ3) is 5.05. The number of carboxylic acid groups (broad SMARTS) is 1. The summed E-state index contributed by atoms with van der Waals surface area (Å²) in [6, 6.07) is 5.58. The standard InChI is InChI=1S/C13H18N2O4/c1-2-3-7-12(13(16)17)14-9-10-5-4-6-11(8-10)15(18)19/h4-6,8,12,14H,2-3,7,9H2,1H3,(H,16,17)/t12-/m0/s1. The smallest absolute Gasteiger partial charge is 0.320 e. The van der Waals surface area contributed by atoms with Crippen molar-refractivity contribution in [2.75, 3.05) is 0 Å². The maximum absolute atomic E-state index is 11.0. The minimum Gasteiger partial charge on any atom is -0.480 e. The number of unbranched alkanes of at least 4 members (excludes halogenated alkanes) is 1. The van der Waals surface area contributed by atoms with E-state index in [4.69, 9.17) is 5.11 Å². The lowest BCUT2D eigenvalue weighted by Crippen LogP contribution is -2.36. The highest BCUT2D eigenvalue weighted by Crippen LogP contribution is 2.13. The van der Waals surface area contributed by atoms with E-state index in [1.165, 1.54) is 12.1 Å². The highest BCUT2D eigenvalue weighted by molar-refractivity contribution is 5.73. The highest BCUT2D eigenvalue weighted by Gasteiger charge is 2.16. The fraction of sp³-hybridized carbons (Fsp3) is 0.462. The SMILES string of the molecule is CCCC[C@H](NCc1cccc([N+](=O)[O-])c1)C(=O)O. The Morgan fingerprint density at radius 2 is 2.26 bits per heavy atom. The molecule has 0 saturated heterocycles. The van der Waals surface area contributed by atoms with Crippen molar-refractivity contribution in [2.45, 2.75) is 38.8 Å². The molecule has 0 spiro atoms. The maximum atomic E-state index is 11.0. The number of aliphatic carboxylic acids is 1. The molecule has 19 heavy (non-hydrogen) atoms. The summed E-state index contributed by atoms with van der Waals surface area (Å²) in [7, 11) is 0. The normalized spacial score (nSPS) is 12.1. The molecule has 104 valence electrons. The molecular weight excluding hydrogens is 248 g/mol. The first-order chi connectivity index (χ1) is 9.04. The minimum atomic E-state index is -0.890. The zero-order valence-corrected chi connectivity index (χ0v) is 10.8. The summed E-state index contributed by atoms with van der Waals surface area (Å²) in [4.78, 5) is 21.2. The van der Waals surface area contributed by atoms with Gasteiger partial charge in [-0.25, -0.2) is 0 Å². The molecule has 1 aromatic carbocycles. The summed E-state index contributed by atoms with van der Waals surface area (Å²) in [6.07, 6.45) is 2.32. The molecule has 1 aromatic rings. The average Bonchev–Trinajstić information content (AvgIpc) is 2.38. The summed E-state index contributed by atoms with van der Waals surface area (Å²) in [5.74, 6) is -0.890. The number of hydrogen-bond acceptors (Lipinski definition) is 4. The number of nitrogens with zero attached hydrogens (tertiary/aromatic N) is 1. The number of nitro benzene ring substituents is 1. The predicted octanol–water partition coefficient (Wildman–Crippen LogP) is 2.33. The Hall–Kier alpha value is -1.95. The van der Waals surface area contributed by atoms with Gasteiger partial charge in [0.1, 0.15) is 6.04 Å². The van der Waals surface area contributed by atoms with E-state index in [2.05, 4.69) is 5.32 Å². The molecule has 0 saturated carbocycles. The van der Waals surface area contributed by atoms with Gasteiger partial charge in [0.25, 0.3) is 5.69 Å². The van der Waals surface area contributed by atoms with Crippen LogP contribution in [0, 0.1) is 10.1 Å². The lowest BCUT2D eigenvalue weighted by molar-refractivity contribution is -0.384. The second kappa shape index (κ2) is 7.48. The lowest BCUT2D eigenvalue weighted by Gasteiger charge is -2.13. The van der Waals surface area contributed by atoms with Crippen LogP contribution in [0.1, 0.15) is 31.7 Å². The highest BCUT2D eigenvalue weighted by atomic mass is 16.6. The summed E-state index contributed by atoms with van der Waals surface area (Å²) in [5.41, 5.74) is 0.719. The second-order valence-electron chi connectivity index (χ2n) is 4.34. The number of non-ortho nitro benzene ring substituents is 1. The summed E-state index contributed by atoms with van der Waals surface area (Å²) < 4.78 is 0. The number of hydrogen-bond donors (Lipinski definition) is 2. The Labute approximate surface area is 111 Å². The molecule has 0 aromatic heterocycles. The summed E-state index contributed by atoms with van der Waals surface area (Å²) in [5, 5.41) is 22.6. The molecule has 6 nitrogen and oxygen atoms in total. The van der Waals surface area contributed by atoms with E-state index in [0.29, 0.717) is 18.5 Å². The number of nitrogens with one attached hydrogen (secondary N) is 1. The van der Waals surface area contributed by atoms with E-state index in [0.717, 1.165) is 12.8 Å². The fourth-order valence-corrected chi connectivity index (χ4v) is 1.74. The van der Waals surface area contributed by atoms with E-state index in [1.54, 1.807) is 12.1 Å². The van der Waals surface area contributed by atoms with E-state index in [1.807, 2.05) is 6.92 Å². The van der Waals surface area contributed by atoms with Gasteiger partial charge < -0.3 is 10.4 Å². The van der Waals surface area contributed by atoms with Crippen LogP contribution in [0.15, 0.2) is 24.3 Å². The van der Waals surface area contributed by atoms with Gasteiger partial charge in [0.05, 0.1) is 4.92 Å². The Bertz CT molecular complexity index is 448. The van der Waals surface area contributed by atoms with Crippen LogP contribution in [0.3, 0.4) is 0 Å². The monoisotopic (exact) mass is 266 g/mol. The number of nitro groups is 1. The van der Waals surface area contributed by atoms with Crippen molar-refractivity contribution in [2.24, 2.45) is 0 Å². The van der Waals surface area contributed by atoms with Crippen LogP contribution in [0.25, 0.3) is 0 Å². The molecule has 1 atom stereocenters. The van der Waals surface area contributed by atoms with Crippen molar-refractivity contribution < 1.29 is 14.8 Å². The molecule has 6 heteroatoms. The number of benzene rings is 1. The minimum absolute atomic E-state index is 0.0136. The van der Waals surface area contributed by atoms with Gasteiger partial charge in [-0.2, -0.15) is 0 Å². The van der Waals surface area contributed by atoms with Crippen molar-refractivity contribution in [3.05, 3.63) is 39.9 Å². The summed E-state index contributed by atoms with van der Waals surface area (Å²) >= 11 is 0. The van der Waals surface area contributed by atoms with Gasteiger partial charge in [-0.1, -0.05) is 31.9 Å². The molecule has 0 bridgehead atoms. The quantitative estimate of drug-likeness (QED) is 0.556. The van der Waals surface area contributed by atoms with Crippen molar-refractivity contribution in [3.63, 3.8) is 0 Å². The molecule has 0 heterocycles. The van der Waals surface area contributed by atoms with E-state index in [-0.39, 0.29) is 5.69 Å². The van der Waals surface area contributed by atoms with Crippen LogP contribution in [-0.4, -0.2) is 22.0 Å². The third-order valence-electron chi connectivity index (χ3n) is 2.82. The van der Waals surface area contributed by atoms with Crippen LogP contribution in [0.5, 0.6) is 0 Å². The average molecular weight is 266 g/mol. The van der Waals surface area contributed by atoms with Gasteiger partial charge in [-0.15, -0.1) is 0 Å². The van der Waals surface area contributed by atoms with Crippen molar-refractivity contribution in [1.82, 2.24) is 5.32 Å². The number of carboxylic acids is 1. The van der Waals surface area contributed by atoms with Gasteiger partial charge in [-0.3, -0.25) is 14.9 Å². The first-order valence-corrected chi connectivity index (χ1v) is 6.24. The van der Waals surface area contributed by atoms with Crippen molar-refractivity contribution in [3.8, 4) is 0 Å². The van der Waals surface area contributed by atoms with Crippen molar-refractivity contribution >= 4 is 11.7 Å². The van der Waals surface area contributed by atoms with Gasteiger partial charge in [0.15, 0.2) is 0 Å². The zero-order chi connectivity index (χ0) is 14.3. The Morgan fingerprint density at radius 3 is 2.84 bits per heavy atom. The first-order valence-electron chi connectivity index (χ1n) is 6.24. The molecule has 0 aliphatic heterocycles. The van der Waals surface area contributed by atoms with E-state index < -0.39 is 16.9 Å². The van der Waals surface area contributed by atoms with Gasteiger partial charge in [0.2, 0.25) is 0 Å². The molecule has 0 unspecified atom stereocenters. The van der Waals surface area contributed by atoms with Crippen LogP contribution < -0.4 is 5.32 Å². The van der Waals surface area contributed by atoms with Gasteiger partial charge >= 0.3 is 5.97 Å². The molecule has 0 amide bonds. The van der Waals surface area contributed by atoms with E-state index in [9.17, 15) is 14.9 Å². The Balaban J connectivity index is 2.60. The summed E-state index contributed by atoms with van der Waals surface area (Å²) in [6.45, 7) is 2.31. The third-order valence-corrected chi connectivity index (χ3v) is 2.82. The Morgan fingerprint density at radius 1 is 1.53 bits per heavy atom. The van der Waals surface area contributed by atoms with E-state index >= 15 is 0 Å². The molecule has 1 rings (SSSR count). The van der Waals surface area contributed by atoms with Gasteiger partial charge in [-0.05, 0) is 12.0 Å². The topological polar surface area (TPSA) is 92.5 Å². The molecule has 0 radical (unpaired) electrons. The first kappa shape index (κ1) is 15.1. The van der Waals surface area contributed by atoms with Crippen LogP contribution in [-0.2, 0) is 11.3 Å². The van der Waals surface area contributed by atoms with Crippen LogP contribution >= 0.6 is 0 Å². The van der Waals surface area contributed by atoms with Crippen LogP contribution in [0.2, 0.25) is 0 Å². The molecule has 0 fully saturated rings. The molecule has 2 N–H and O–H groups in total. The largest absolute Gasteiger partial charge is 0.480 e.